The van der Waals surface area contributed by atoms with Gasteiger partial charge < -0.3 is 19.0 Å². The maximum atomic E-state index is 9.52. The van der Waals surface area contributed by atoms with Crippen molar-refractivity contribution in [3.63, 3.8) is 0 Å². The molecule has 0 saturated heterocycles. The molecule has 0 amide bonds. The molecular formula is C22H28N4O2. The summed E-state index contributed by atoms with van der Waals surface area (Å²) in [6.45, 7) is 1.87. The van der Waals surface area contributed by atoms with Crippen LogP contribution in [0.25, 0.3) is 11.4 Å². The summed E-state index contributed by atoms with van der Waals surface area (Å²) in [5.41, 5.74) is 1.10. The SMILES string of the molecule is OC[C@H]1CCC[C@@H](n2ccnc2-c2ccc(OCCCn3ccnc3)cc2)C1. The van der Waals surface area contributed by atoms with Crippen molar-refractivity contribution < 1.29 is 9.84 Å². The summed E-state index contributed by atoms with van der Waals surface area (Å²) >= 11 is 0. The Bertz CT molecular complexity index is 842. The molecule has 1 saturated carbocycles. The minimum atomic E-state index is 0.285. The highest BCUT2D eigenvalue weighted by atomic mass is 16.5. The number of aliphatic hydroxyl groups is 1. The van der Waals surface area contributed by atoms with Gasteiger partial charge in [0.15, 0.2) is 0 Å². The summed E-state index contributed by atoms with van der Waals surface area (Å²) < 4.78 is 10.2. The predicted octanol–water partition coefficient (Wildman–Crippen LogP) is 3.94. The number of imidazole rings is 2. The number of aliphatic hydroxyl groups excluding tert-OH is 1. The minimum Gasteiger partial charge on any atom is -0.494 e. The monoisotopic (exact) mass is 380 g/mol. The Morgan fingerprint density at radius 1 is 1.11 bits per heavy atom. The number of aromatic nitrogens is 4. The summed E-state index contributed by atoms with van der Waals surface area (Å²) in [7, 11) is 0. The summed E-state index contributed by atoms with van der Waals surface area (Å²) in [6, 6.07) is 8.61. The minimum absolute atomic E-state index is 0.285. The quantitative estimate of drug-likeness (QED) is 0.601. The molecule has 2 aromatic heterocycles. The Kier molecular flexibility index (Phi) is 6.07. The van der Waals surface area contributed by atoms with E-state index in [-0.39, 0.29) is 6.61 Å². The Labute approximate surface area is 165 Å². The van der Waals surface area contributed by atoms with Crippen molar-refractivity contribution in [2.45, 2.75) is 44.7 Å². The van der Waals surface area contributed by atoms with Crippen LogP contribution >= 0.6 is 0 Å². The maximum Gasteiger partial charge on any atom is 0.140 e. The molecule has 6 nitrogen and oxygen atoms in total. The van der Waals surface area contributed by atoms with Gasteiger partial charge in [0.05, 0.1) is 12.9 Å². The van der Waals surface area contributed by atoms with Gasteiger partial charge in [-0.2, -0.15) is 0 Å². The summed E-state index contributed by atoms with van der Waals surface area (Å²) in [4.78, 5) is 8.64. The summed E-state index contributed by atoms with van der Waals surface area (Å²) in [6.07, 6.45) is 14.9. The molecule has 1 aliphatic rings. The standard InChI is InChI=1S/C22H28N4O2/c27-16-18-3-1-4-20(15-18)26-13-10-24-22(26)19-5-7-21(8-6-19)28-14-2-11-25-12-9-23-17-25/h5-10,12-13,17-18,20,27H,1-4,11,14-16H2/t18-,20+/m0/s1. The number of nitrogens with zero attached hydrogens (tertiary/aromatic N) is 4. The van der Waals surface area contributed by atoms with Crippen LogP contribution in [0, 0.1) is 5.92 Å². The fourth-order valence-electron chi connectivity index (χ4n) is 4.07. The Morgan fingerprint density at radius 3 is 2.79 bits per heavy atom. The highest BCUT2D eigenvalue weighted by Gasteiger charge is 2.24. The van der Waals surface area contributed by atoms with E-state index in [2.05, 4.69) is 37.4 Å². The average Bonchev–Trinajstić information content (AvgIpc) is 3.44. The molecule has 0 spiro atoms. The number of hydrogen-bond acceptors (Lipinski definition) is 4. The van der Waals surface area contributed by atoms with Crippen LogP contribution < -0.4 is 4.74 Å². The van der Waals surface area contributed by atoms with Gasteiger partial charge in [-0.05, 0) is 55.9 Å². The van der Waals surface area contributed by atoms with Gasteiger partial charge in [0.1, 0.15) is 11.6 Å². The molecule has 1 fully saturated rings. The Hall–Kier alpha value is -2.60. The lowest BCUT2D eigenvalue weighted by molar-refractivity contribution is 0.163. The van der Waals surface area contributed by atoms with Gasteiger partial charge in [-0.3, -0.25) is 0 Å². The molecule has 3 aromatic rings. The van der Waals surface area contributed by atoms with Crippen LogP contribution in [0.1, 0.15) is 38.1 Å². The van der Waals surface area contributed by atoms with E-state index < -0.39 is 0 Å². The van der Waals surface area contributed by atoms with E-state index in [4.69, 9.17) is 4.74 Å². The van der Waals surface area contributed by atoms with Gasteiger partial charge >= 0.3 is 0 Å². The van der Waals surface area contributed by atoms with Gasteiger partial charge in [0, 0.05) is 49.5 Å². The molecule has 2 atom stereocenters. The first kappa shape index (κ1) is 18.7. The number of rotatable bonds is 8. The zero-order valence-corrected chi connectivity index (χ0v) is 16.2. The van der Waals surface area contributed by atoms with Crippen molar-refractivity contribution in [3.8, 4) is 17.1 Å². The van der Waals surface area contributed by atoms with Gasteiger partial charge in [-0.1, -0.05) is 6.42 Å². The first-order valence-electron chi connectivity index (χ1n) is 10.2. The van der Waals surface area contributed by atoms with Crippen LogP contribution in [0.2, 0.25) is 0 Å². The fraction of sp³-hybridized carbons (Fsp3) is 0.455. The van der Waals surface area contributed by atoms with Crippen LogP contribution in [0.5, 0.6) is 5.75 Å². The van der Waals surface area contributed by atoms with E-state index in [9.17, 15) is 5.11 Å². The largest absolute Gasteiger partial charge is 0.494 e. The Morgan fingerprint density at radius 2 is 2.00 bits per heavy atom. The van der Waals surface area contributed by atoms with Gasteiger partial charge in [-0.25, -0.2) is 9.97 Å². The molecule has 148 valence electrons. The fourth-order valence-corrected chi connectivity index (χ4v) is 4.07. The van der Waals surface area contributed by atoms with Crippen LogP contribution in [-0.2, 0) is 6.54 Å². The average molecular weight is 380 g/mol. The number of ether oxygens (including phenoxy) is 1. The molecule has 1 N–H and O–H groups in total. The highest BCUT2D eigenvalue weighted by Crippen LogP contribution is 2.35. The van der Waals surface area contributed by atoms with Gasteiger partial charge in [0.2, 0.25) is 0 Å². The normalized spacial score (nSPS) is 19.6. The van der Waals surface area contributed by atoms with Gasteiger partial charge in [0.25, 0.3) is 0 Å². The second kappa shape index (κ2) is 9.06. The third-order valence-electron chi connectivity index (χ3n) is 5.58. The lowest BCUT2D eigenvalue weighted by atomic mass is 9.86. The van der Waals surface area contributed by atoms with Crippen molar-refractivity contribution in [2.24, 2.45) is 5.92 Å². The van der Waals surface area contributed by atoms with Crippen LogP contribution in [0.4, 0.5) is 0 Å². The second-order valence-electron chi connectivity index (χ2n) is 7.55. The lowest BCUT2D eigenvalue weighted by Gasteiger charge is -2.30. The predicted molar refractivity (Wildman–Crippen MR) is 108 cm³/mol. The van der Waals surface area contributed by atoms with Crippen molar-refractivity contribution in [2.75, 3.05) is 13.2 Å². The van der Waals surface area contributed by atoms with Crippen LogP contribution in [0.15, 0.2) is 55.4 Å². The van der Waals surface area contributed by atoms with Crippen LogP contribution in [0.3, 0.4) is 0 Å². The van der Waals surface area contributed by atoms with Crippen molar-refractivity contribution in [1.82, 2.24) is 19.1 Å². The number of hydrogen-bond donors (Lipinski definition) is 1. The zero-order chi connectivity index (χ0) is 19.2. The molecule has 0 radical (unpaired) electrons. The van der Waals surface area contributed by atoms with E-state index >= 15 is 0 Å². The lowest BCUT2D eigenvalue weighted by Crippen LogP contribution is -2.21. The summed E-state index contributed by atoms with van der Waals surface area (Å²) in [5, 5.41) is 9.52. The molecular weight excluding hydrogens is 352 g/mol. The summed E-state index contributed by atoms with van der Waals surface area (Å²) in [5.74, 6) is 2.29. The van der Waals surface area contributed by atoms with E-state index in [0.29, 0.717) is 18.6 Å². The third kappa shape index (κ3) is 4.44. The van der Waals surface area contributed by atoms with Crippen molar-refractivity contribution >= 4 is 0 Å². The number of aryl methyl sites for hydroxylation is 1. The highest BCUT2D eigenvalue weighted by molar-refractivity contribution is 5.57. The molecule has 6 heteroatoms. The van der Waals surface area contributed by atoms with E-state index in [1.807, 2.05) is 30.9 Å². The first-order valence-corrected chi connectivity index (χ1v) is 10.2. The molecule has 1 aliphatic carbocycles. The van der Waals surface area contributed by atoms with Crippen LogP contribution in [-0.4, -0.2) is 37.4 Å². The molecule has 0 aliphatic heterocycles. The van der Waals surface area contributed by atoms with E-state index in [1.54, 1.807) is 6.20 Å². The topological polar surface area (TPSA) is 65.1 Å². The smallest absolute Gasteiger partial charge is 0.140 e. The van der Waals surface area contributed by atoms with E-state index in [1.165, 1.54) is 6.42 Å². The zero-order valence-electron chi connectivity index (χ0n) is 16.2. The third-order valence-corrected chi connectivity index (χ3v) is 5.58. The van der Waals surface area contributed by atoms with E-state index in [0.717, 1.165) is 49.4 Å². The molecule has 1 aromatic carbocycles. The van der Waals surface area contributed by atoms with Gasteiger partial charge in [-0.15, -0.1) is 0 Å². The molecule has 0 bridgehead atoms. The molecule has 4 rings (SSSR count). The van der Waals surface area contributed by atoms with Crippen molar-refractivity contribution in [1.29, 1.82) is 0 Å². The molecule has 0 unspecified atom stereocenters. The Balaban J connectivity index is 1.36. The number of benzene rings is 1. The first-order chi connectivity index (χ1) is 13.8. The molecule has 28 heavy (non-hydrogen) atoms. The van der Waals surface area contributed by atoms with Crippen molar-refractivity contribution in [3.05, 3.63) is 55.4 Å². The second-order valence-corrected chi connectivity index (χ2v) is 7.55. The maximum absolute atomic E-state index is 9.52. The molecule has 2 heterocycles.